The van der Waals surface area contributed by atoms with Crippen molar-refractivity contribution in [1.29, 1.82) is 0 Å². The van der Waals surface area contributed by atoms with Gasteiger partial charge in [-0.05, 0) is 48.6 Å². The van der Waals surface area contributed by atoms with E-state index in [1.54, 1.807) is 46.2 Å². The Bertz CT molecular complexity index is 1030. The Morgan fingerprint density at radius 2 is 1.50 bits per heavy atom. The number of benzene rings is 2. The summed E-state index contributed by atoms with van der Waals surface area (Å²) in [5, 5.41) is 12.6. The molecule has 8 heteroatoms. The van der Waals surface area contributed by atoms with Gasteiger partial charge in [0, 0.05) is 38.2 Å². The lowest BCUT2D eigenvalue weighted by Gasteiger charge is -2.37. The molecule has 1 aliphatic carbocycles. The van der Waals surface area contributed by atoms with Crippen LogP contribution in [0.3, 0.4) is 0 Å². The van der Waals surface area contributed by atoms with Gasteiger partial charge in [-0.1, -0.05) is 49.6 Å². The number of nitrogens with one attached hydrogen (secondary N) is 1. The predicted molar refractivity (Wildman–Crippen MR) is 137 cm³/mol. The Balaban J connectivity index is 1.42. The Labute approximate surface area is 212 Å². The van der Waals surface area contributed by atoms with Crippen LogP contribution in [0.4, 0.5) is 0 Å². The summed E-state index contributed by atoms with van der Waals surface area (Å²) in [6, 6.07) is 14.4. The first-order valence-corrected chi connectivity index (χ1v) is 12.9. The number of hydrogen-bond acceptors (Lipinski definition) is 5. The number of carbonyl (C=O) groups excluding carboxylic acids is 3. The zero-order chi connectivity index (χ0) is 25.5. The topological polar surface area (TPSA) is 116 Å². The van der Waals surface area contributed by atoms with Crippen molar-refractivity contribution in [3.05, 3.63) is 65.7 Å². The summed E-state index contributed by atoms with van der Waals surface area (Å²) in [5.41, 5.74) is 7.78. The summed E-state index contributed by atoms with van der Waals surface area (Å²) < 4.78 is 0. The Morgan fingerprint density at radius 3 is 2.14 bits per heavy atom. The van der Waals surface area contributed by atoms with Gasteiger partial charge in [0.2, 0.25) is 11.8 Å². The largest absolute Gasteiger partial charge is 0.508 e. The minimum atomic E-state index is -0.770. The number of piperazine rings is 1. The molecule has 8 nitrogen and oxygen atoms in total. The normalized spacial score (nSPS) is 18.4. The van der Waals surface area contributed by atoms with Gasteiger partial charge >= 0.3 is 0 Å². The third-order valence-electron chi connectivity index (χ3n) is 7.35. The average molecular weight is 493 g/mol. The molecule has 2 fully saturated rings. The molecular formula is C28H36N4O4. The van der Waals surface area contributed by atoms with E-state index in [9.17, 15) is 19.5 Å². The van der Waals surface area contributed by atoms with Crippen LogP contribution in [0, 0.1) is 5.92 Å². The van der Waals surface area contributed by atoms with Crippen molar-refractivity contribution in [2.24, 2.45) is 11.7 Å². The van der Waals surface area contributed by atoms with Gasteiger partial charge in [-0.15, -0.1) is 0 Å². The highest BCUT2D eigenvalue weighted by Crippen LogP contribution is 2.26. The highest BCUT2D eigenvalue weighted by atomic mass is 16.3. The molecule has 0 spiro atoms. The standard InChI is InChI=1S/C28H36N4O4/c29-25(21-7-3-1-4-8-21)26(34)30-24(19-20-11-13-23(33)14-12-20)28(36)32-17-15-31(16-18-32)27(35)22-9-5-2-6-10-22/h2,5-6,9-14,21,24-25,33H,1,3-4,7-8,15-19,29H2,(H,30,34). The SMILES string of the molecule is NC(C(=O)NC(Cc1ccc(O)cc1)C(=O)N1CCN(C(=O)c2ccccc2)CC1)C1CCCCC1. The van der Waals surface area contributed by atoms with Crippen molar-refractivity contribution in [3.8, 4) is 5.75 Å². The van der Waals surface area contributed by atoms with Gasteiger partial charge in [0.05, 0.1) is 6.04 Å². The van der Waals surface area contributed by atoms with Gasteiger partial charge in [0.1, 0.15) is 11.8 Å². The Hall–Kier alpha value is -3.39. The van der Waals surface area contributed by atoms with E-state index in [0.29, 0.717) is 38.2 Å². The molecule has 3 amide bonds. The van der Waals surface area contributed by atoms with Crippen LogP contribution >= 0.6 is 0 Å². The van der Waals surface area contributed by atoms with E-state index in [4.69, 9.17) is 5.73 Å². The molecular weight excluding hydrogens is 456 g/mol. The maximum atomic E-state index is 13.6. The second-order valence-corrected chi connectivity index (χ2v) is 9.84. The smallest absolute Gasteiger partial charge is 0.253 e. The summed E-state index contributed by atoms with van der Waals surface area (Å²) in [5.74, 6) is -0.244. The van der Waals surface area contributed by atoms with E-state index in [1.165, 1.54) is 6.42 Å². The van der Waals surface area contributed by atoms with Crippen LogP contribution in [0.25, 0.3) is 0 Å². The number of phenols is 1. The van der Waals surface area contributed by atoms with Crippen LogP contribution in [-0.2, 0) is 16.0 Å². The second kappa shape index (κ2) is 12.0. The molecule has 1 saturated carbocycles. The van der Waals surface area contributed by atoms with E-state index in [-0.39, 0.29) is 29.4 Å². The van der Waals surface area contributed by atoms with Gasteiger partial charge in [-0.3, -0.25) is 14.4 Å². The molecule has 36 heavy (non-hydrogen) atoms. The fourth-order valence-corrected chi connectivity index (χ4v) is 5.16. The molecule has 2 aliphatic rings. The van der Waals surface area contributed by atoms with Gasteiger partial charge in [-0.25, -0.2) is 0 Å². The molecule has 0 radical (unpaired) electrons. The number of aromatic hydroxyl groups is 1. The third kappa shape index (κ3) is 6.43. The molecule has 0 bridgehead atoms. The highest BCUT2D eigenvalue weighted by Gasteiger charge is 2.33. The van der Waals surface area contributed by atoms with E-state index in [0.717, 1.165) is 31.2 Å². The number of carbonyl (C=O) groups is 3. The molecule has 4 rings (SSSR count). The summed E-state index contributed by atoms with van der Waals surface area (Å²) in [6.07, 6.45) is 5.49. The van der Waals surface area contributed by atoms with Crippen LogP contribution in [0.1, 0.15) is 48.0 Å². The van der Waals surface area contributed by atoms with Crippen LogP contribution in [-0.4, -0.2) is 70.9 Å². The van der Waals surface area contributed by atoms with Crippen molar-refractivity contribution < 1.29 is 19.5 Å². The van der Waals surface area contributed by atoms with Gasteiger partial charge in [0.25, 0.3) is 5.91 Å². The number of rotatable bonds is 7. The van der Waals surface area contributed by atoms with Crippen LogP contribution in [0.15, 0.2) is 54.6 Å². The zero-order valence-corrected chi connectivity index (χ0v) is 20.6. The van der Waals surface area contributed by atoms with Gasteiger partial charge in [0.15, 0.2) is 0 Å². The number of amides is 3. The lowest BCUT2D eigenvalue weighted by Crippen LogP contribution is -2.58. The first kappa shape index (κ1) is 25.7. The summed E-state index contributed by atoms with van der Waals surface area (Å²) in [7, 11) is 0. The molecule has 1 aliphatic heterocycles. The maximum Gasteiger partial charge on any atom is 0.253 e. The Kier molecular flexibility index (Phi) is 8.59. The first-order chi connectivity index (χ1) is 17.4. The monoisotopic (exact) mass is 492 g/mol. The van der Waals surface area contributed by atoms with Gasteiger partial charge < -0.3 is 26.0 Å². The first-order valence-electron chi connectivity index (χ1n) is 12.9. The fourth-order valence-electron chi connectivity index (χ4n) is 5.16. The lowest BCUT2D eigenvalue weighted by molar-refractivity contribution is -0.138. The molecule has 2 aromatic rings. The van der Waals surface area contributed by atoms with Crippen LogP contribution < -0.4 is 11.1 Å². The summed E-state index contributed by atoms with van der Waals surface area (Å²) in [6.45, 7) is 1.66. The maximum absolute atomic E-state index is 13.6. The molecule has 4 N–H and O–H groups in total. The van der Waals surface area contributed by atoms with Crippen molar-refractivity contribution in [1.82, 2.24) is 15.1 Å². The average Bonchev–Trinajstić information content (AvgIpc) is 2.93. The molecule has 2 unspecified atom stereocenters. The van der Waals surface area contributed by atoms with E-state index in [2.05, 4.69) is 5.32 Å². The minimum absolute atomic E-state index is 0.0462. The zero-order valence-electron chi connectivity index (χ0n) is 20.6. The number of phenolic OH excluding ortho intramolecular Hbond substituents is 1. The third-order valence-corrected chi connectivity index (χ3v) is 7.35. The van der Waals surface area contributed by atoms with E-state index >= 15 is 0 Å². The molecule has 1 saturated heterocycles. The van der Waals surface area contributed by atoms with Crippen molar-refractivity contribution in [3.63, 3.8) is 0 Å². The van der Waals surface area contributed by atoms with E-state index < -0.39 is 12.1 Å². The minimum Gasteiger partial charge on any atom is -0.508 e. The highest BCUT2D eigenvalue weighted by molar-refractivity contribution is 5.94. The number of nitrogens with zero attached hydrogens (tertiary/aromatic N) is 2. The van der Waals surface area contributed by atoms with Crippen molar-refractivity contribution in [2.45, 2.75) is 50.6 Å². The summed E-state index contributed by atoms with van der Waals surface area (Å²) >= 11 is 0. The number of nitrogens with two attached hydrogens (primary N) is 1. The molecule has 2 aromatic carbocycles. The van der Waals surface area contributed by atoms with Crippen LogP contribution in [0.2, 0.25) is 0 Å². The fraction of sp³-hybridized carbons (Fsp3) is 0.464. The van der Waals surface area contributed by atoms with Gasteiger partial charge in [-0.2, -0.15) is 0 Å². The van der Waals surface area contributed by atoms with E-state index in [1.807, 2.05) is 18.2 Å². The second-order valence-electron chi connectivity index (χ2n) is 9.84. The van der Waals surface area contributed by atoms with Crippen molar-refractivity contribution in [2.75, 3.05) is 26.2 Å². The molecule has 1 heterocycles. The molecule has 0 aromatic heterocycles. The molecule has 2 atom stereocenters. The molecule has 192 valence electrons. The predicted octanol–water partition coefficient (Wildman–Crippen LogP) is 2.31. The lowest BCUT2D eigenvalue weighted by atomic mass is 9.84. The van der Waals surface area contributed by atoms with Crippen LogP contribution in [0.5, 0.6) is 5.75 Å². The van der Waals surface area contributed by atoms with Crippen molar-refractivity contribution >= 4 is 17.7 Å². The number of hydrogen-bond donors (Lipinski definition) is 3. The Morgan fingerprint density at radius 1 is 0.889 bits per heavy atom. The summed E-state index contributed by atoms with van der Waals surface area (Å²) in [4.78, 5) is 42.9. The quantitative estimate of drug-likeness (QED) is 0.549.